The van der Waals surface area contributed by atoms with E-state index >= 15 is 0 Å². The second kappa shape index (κ2) is 12.3. The monoisotopic (exact) mass is 779 g/mol. The third-order valence-electron chi connectivity index (χ3n) is 10.0. The van der Waals surface area contributed by atoms with E-state index in [4.69, 9.17) is 39.5 Å². The topological polar surface area (TPSA) is 109 Å². The molecule has 8 nitrogen and oxygen atoms in total. The van der Waals surface area contributed by atoms with Crippen molar-refractivity contribution in [2.24, 2.45) is 29.6 Å². The van der Waals surface area contributed by atoms with Crippen LogP contribution >= 0.6 is 57.9 Å². The Kier molecular flexibility index (Phi) is 8.30. The minimum Gasteiger partial charge on any atom is -0.483 e. The van der Waals surface area contributed by atoms with Crippen molar-refractivity contribution < 1.29 is 32.3 Å². The fraction of sp³-hybridized carbons (Fsp3) is 0.294. The highest BCUT2D eigenvalue weighted by Gasteiger charge is 2.70. The van der Waals surface area contributed by atoms with Gasteiger partial charge in [0.05, 0.1) is 38.2 Å². The molecule has 1 aromatic heterocycles. The Morgan fingerprint density at radius 3 is 2.46 bits per heavy atom. The van der Waals surface area contributed by atoms with Crippen molar-refractivity contribution in [2.75, 3.05) is 16.8 Å². The van der Waals surface area contributed by atoms with Gasteiger partial charge in [0.25, 0.3) is 5.91 Å². The Labute approximate surface area is 305 Å². The molecule has 3 heterocycles. The first-order chi connectivity index (χ1) is 23.8. The standard InChI is InChI=1S/C34H23Cl3F3N3O5S2/c35-14-4-7-22(48-12-23(44)41-15-5-6-20(36)21(37)10-15)17(9-14)24-25-18-11-19(28(25)49-30-29(24)50-33(47)42-30)27-26(18)31(45)43(32(27)46)16-3-1-2-13(8-16)34(38,39)40/h1-10,18-19,24-28H,11-12H2,(H,41,44)(H,42,47)/t18-,19-,24-,25?,26?,27?,28?/m1/s1. The lowest BCUT2D eigenvalue weighted by Gasteiger charge is -2.43. The first-order valence-corrected chi connectivity index (χ1v) is 18.2. The van der Waals surface area contributed by atoms with Gasteiger partial charge in [-0.05, 0) is 78.8 Å². The number of thiazole rings is 1. The van der Waals surface area contributed by atoms with Gasteiger partial charge in [0.2, 0.25) is 11.8 Å². The maximum Gasteiger partial charge on any atom is 0.416 e. The number of nitrogens with one attached hydrogen (secondary N) is 2. The van der Waals surface area contributed by atoms with Gasteiger partial charge in [-0.1, -0.05) is 52.2 Å². The molecule has 50 heavy (non-hydrogen) atoms. The predicted octanol–water partition coefficient (Wildman–Crippen LogP) is 8.11. The number of ether oxygens (including phenoxy) is 1. The summed E-state index contributed by atoms with van der Waals surface area (Å²) in [6.45, 7) is -0.379. The Morgan fingerprint density at radius 1 is 0.960 bits per heavy atom. The molecule has 8 rings (SSSR count). The van der Waals surface area contributed by atoms with Crippen molar-refractivity contribution in [1.82, 2.24) is 4.98 Å². The quantitative estimate of drug-likeness (QED) is 0.192. The van der Waals surface area contributed by atoms with Crippen LogP contribution in [0.2, 0.25) is 15.1 Å². The third-order valence-corrected chi connectivity index (χ3v) is 13.6. The highest BCUT2D eigenvalue weighted by atomic mass is 35.5. The summed E-state index contributed by atoms with van der Waals surface area (Å²) in [5, 5.41) is 4.14. The Hall–Kier alpha value is -3.49. The van der Waals surface area contributed by atoms with Gasteiger partial charge in [0.15, 0.2) is 6.61 Å². The van der Waals surface area contributed by atoms with Gasteiger partial charge in [-0.3, -0.25) is 24.1 Å². The molecule has 4 aromatic rings. The van der Waals surface area contributed by atoms with E-state index in [-0.39, 0.29) is 45.2 Å². The second-order valence-electron chi connectivity index (χ2n) is 12.7. The number of nitrogens with zero attached hydrogens (tertiary/aromatic N) is 1. The zero-order valence-corrected chi connectivity index (χ0v) is 29.2. The zero-order chi connectivity index (χ0) is 35.2. The van der Waals surface area contributed by atoms with Gasteiger partial charge < -0.3 is 15.0 Å². The summed E-state index contributed by atoms with van der Waals surface area (Å²) in [6, 6.07) is 13.9. The first kappa shape index (κ1) is 33.6. The maximum absolute atomic E-state index is 14.1. The van der Waals surface area contributed by atoms with E-state index in [9.17, 15) is 32.3 Å². The summed E-state index contributed by atoms with van der Waals surface area (Å²) in [7, 11) is 0. The number of thioether (sulfide) groups is 1. The molecular formula is C34H23Cl3F3N3O5S2. The SMILES string of the molecule is O=C(COc1ccc(Cl)cc1[C@H]1c2sc(=O)[nH]c2SC2C1[C@H]1C[C@@H]2C2C(=O)N(c3cccc(C(F)(F)F)c3)C(=O)C21)Nc1ccc(Cl)c(Cl)c1. The highest BCUT2D eigenvalue weighted by Crippen LogP contribution is 2.69. The zero-order valence-electron chi connectivity index (χ0n) is 25.3. The number of alkyl halides is 3. The predicted molar refractivity (Wildman–Crippen MR) is 184 cm³/mol. The molecule has 3 amide bonds. The van der Waals surface area contributed by atoms with E-state index < -0.39 is 47.2 Å². The molecule has 4 aliphatic rings. The molecule has 3 fully saturated rings. The molecule has 2 N–H and O–H groups in total. The van der Waals surface area contributed by atoms with Crippen LogP contribution in [0.4, 0.5) is 24.5 Å². The molecule has 4 unspecified atom stereocenters. The average Bonchev–Trinajstić information content (AvgIpc) is 3.80. The molecule has 2 aliphatic carbocycles. The summed E-state index contributed by atoms with van der Waals surface area (Å²) in [5.41, 5.74) is -0.0247. The van der Waals surface area contributed by atoms with E-state index in [2.05, 4.69) is 10.3 Å². The normalized spacial score (nSPS) is 26.5. The van der Waals surface area contributed by atoms with E-state index in [1.807, 2.05) is 0 Å². The maximum atomic E-state index is 14.1. The van der Waals surface area contributed by atoms with Crippen molar-refractivity contribution in [3.8, 4) is 5.75 Å². The molecule has 1 saturated heterocycles. The van der Waals surface area contributed by atoms with Crippen molar-refractivity contribution >= 4 is 87.0 Å². The fourth-order valence-corrected chi connectivity index (χ4v) is 11.6. The third kappa shape index (κ3) is 5.52. The number of fused-ring (bicyclic) bond motifs is 9. The van der Waals surface area contributed by atoms with Crippen LogP contribution in [0.3, 0.4) is 0 Å². The number of amides is 3. The lowest BCUT2D eigenvalue weighted by atomic mass is 9.68. The van der Waals surface area contributed by atoms with Crippen molar-refractivity contribution in [3.63, 3.8) is 0 Å². The number of hydrogen-bond acceptors (Lipinski definition) is 7. The molecule has 7 atom stereocenters. The number of anilines is 2. The molecule has 2 bridgehead atoms. The van der Waals surface area contributed by atoms with E-state index in [0.29, 0.717) is 38.5 Å². The summed E-state index contributed by atoms with van der Waals surface area (Å²) >= 11 is 21.1. The van der Waals surface area contributed by atoms with E-state index in [1.165, 1.54) is 30.0 Å². The van der Waals surface area contributed by atoms with Gasteiger partial charge >= 0.3 is 11.0 Å². The lowest BCUT2D eigenvalue weighted by molar-refractivity contribution is -0.137. The summed E-state index contributed by atoms with van der Waals surface area (Å²) < 4.78 is 46.8. The van der Waals surface area contributed by atoms with Crippen LogP contribution in [-0.2, 0) is 20.6 Å². The number of imide groups is 1. The van der Waals surface area contributed by atoms with Crippen LogP contribution < -0.4 is 19.8 Å². The molecule has 16 heteroatoms. The van der Waals surface area contributed by atoms with E-state index in [0.717, 1.165) is 33.2 Å². The number of hydrogen-bond donors (Lipinski definition) is 2. The molecule has 258 valence electrons. The minimum absolute atomic E-state index is 0.107. The summed E-state index contributed by atoms with van der Waals surface area (Å²) in [5.74, 6) is -3.95. The largest absolute Gasteiger partial charge is 0.483 e. The lowest BCUT2D eigenvalue weighted by Crippen LogP contribution is -2.42. The number of rotatable bonds is 6. The number of aromatic amines is 1. The van der Waals surface area contributed by atoms with Crippen molar-refractivity contribution in [2.45, 2.75) is 28.8 Å². The van der Waals surface area contributed by atoms with Crippen molar-refractivity contribution in [3.05, 3.63) is 101 Å². The first-order valence-electron chi connectivity index (χ1n) is 15.4. The minimum atomic E-state index is -4.65. The van der Waals surface area contributed by atoms with Crippen LogP contribution in [0.25, 0.3) is 0 Å². The van der Waals surface area contributed by atoms with Gasteiger partial charge in [0, 0.05) is 32.3 Å². The highest BCUT2D eigenvalue weighted by molar-refractivity contribution is 8.00. The van der Waals surface area contributed by atoms with Crippen LogP contribution in [0.1, 0.15) is 28.3 Å². The number of carbonyl (C=O) groups excluding carboxylic acids is 3. The Balaban J connectivity index is 1.13. The number of halogens is 6. The van der Waals surface area contributed by atoms with Gasteiger partial charge in [-0.15, -0.1) is 11.8 Å². The van der Waals surface area contributed by atoms with Crippen LogP contribution in [0, 0.1) is 29.6 Å². The van der Waals surface area contributed by atoms with Gasteiger partial charge in [-0.2, -0.15) is 13.2 Å². The fourth-order valence-electron chi connectivity index (χ4n) is 8.25. The molecule has 0 spiro atoms. The van der Waals surface area contributed by atoms with Gasteiger partial charge in [0.1, 0.15) is 5.75 Å². The second-order valence-corrected chi connectivity index (χ2v) is 16.1. The van der Waals surface area contributed by atoms with E-state index in [1.54, 1.807) is 30.3 Å². The molecular weight excluding hydrogens is 758 g/mol. The molecule has 3 aromatic carbocycles. The smallest absolute Gasteiger partial charge is 0.416 e. The Morgan fingerprint density at radius 2 is 1.72 bits per heavy atom. The number of aromatic nitrogens is 1. The number of H-pyrrole nitrogens is 1. The van der Waals surface area contributed by atoms with Crippen molar-refractivity contribution in [1.29, 1.82) is 0 Å². The van der Waals surface area contributed by atoms with Crippen LogP contribution in [-0.4, -0.2) is 34.6 Å². The van der Waals surface area contributed by atoms with Gasteiger partial charge in [-0.25, -0.2) is 0 Å². The Bertz CT molecular complexity index is 2160. The average molecular weight is 781 g/mol. The molecule has 2 aliphatic heterocycles. The molecule has 0 radical (unpaired) electrons. The summed E-state index contributed by atoms with van der Waals surface area (Å²) in [4.78, 5) is 57.9. The van der Waals surface area contributed by atoms with Crippen LogP contribution in [0.5, 0.6) is 5.75 Å². The summed E-state index contributed by atoms with van der Waals surface area (Å²) in [6.07, 6.45) is -4.09. The number of benzene rings is 3. The van der Waals surface area contributed by atoms with Crippen LogP contribution in [0.15, 0.2) is 70.5 Å². The molecule has 2 saturated carbocycles. The number of carbonyl (C=O) groups is 3.